The van der Waals surface area contributed by atoms with Crippen molar-refractivity contribution in [1.82, 2.24) is 10.2 Å². The van der Waals surface area contributed by atoms with Gasteiger partial charge in [-0.3, -0.25) is 4.90 Å². The fourth-order valence-electron chi connectivity index (χ4n) is 3.61. The van der Waals surface area contributed by atoms with E-state index in [-0.39, 0.29) is 0 Å². The molecule has 2 aliphatic rings. The minimum atomic E-state index is 0.317. The standard InChI is InChI=1S/C17H26N2O/c1-3-17(4-2)13-19(10-9-18-17)11-14-12-20-16-8-6-5-7-15(14)16/h5-8,14,18H,3-4,9-13H2,1-2H3. The molecule has 0 radical (unpaired) electrons. The third-order valence-electron chi connectivity index (χ3n) is 5.09. The zero-order valence-electron chi connectivity index (χ0n) is 12.7. The van der Waals surface area contributed by atoms with Crippen molar-refractivity contribution in [2.24, 2.45) is 0 Å². The molecule has 2 aliphatic heterocycles. The largest absolute Gasteiger partial charge is 0.493 e. The summed E-state index contributed by atoms with van der Waals surface area (Å²) < 4.78 is 5.81. The molecule has 0 amide bonds. The molecular weight excluding hydrogens is 248 g/mol. The Hall–Kier alpha value is -1.06. The van der Waals surface area contributed by atoms with Crippen LogP contribution in [0.1, 0.15) is 38.2 Å². The van der Waals surface area contributed by atoms with Gasteiger partial charge in [0.15, 0.2) is 0 Å². The Morgan fingerprint density at radius 2 is 2.10 bits per heavy atom. The van der Waals surface area contributed by atoms with Crippen molar-refractivity contribution < 1.29 is 4.74 Å². The van der Waals surface area contributed by atoms with E-state index < -0.39 is 0 Å². The number of fused-ring (bicyclic) bond motifs is 1. The van der Waals surface area contributed by atoms with Gasteiger partial charge in [-0.2, -0.15) is 0 Å². The second-order valence-corrected chi connectivity index (χ2v) is 6.20. The van der Waals surface area contributed by atoms with E-state index in [1.807, 2.05) is 0 Å². The molecule has 1 aromatic carbocycles. The zero-order chi connectivity index (χ0) is 14.0. The van der Waals surface area contributed by atoms with Gasteiger partial charge in [0.25, 0.3) is 0 Å². The normalized spacial score (nSPS) is 25.2. The first-order valence-electron chi connectivity index (χ1n) is 7.95. The third-order valence-corrected chi connectivity index (χ3v) is 5.09. The number of hydrogen-bond donors (Lipinski definition) is 1. The van der Waals surface area contributed by atoms with Crippen molar-refractivity contribution in [3.63, 3.8) is 0 Å². The van der Waals surface area contributed by atoms with Crippen LogP contribution in [0.4, 0.5) is 0 Å². The van der Waals surface area contributed by atoms with E-state index in [1.54, 1.807) is 0 Å². The van der Waals surface area contributed by atoms with Crippen LogP contribution in [0.5, 0.6) is 5.75 Å². The zero-order valence-corrected chi connectivity index (χ0v) is 12.7. The van der Waals surface area contributed by atoms with Gasteiger partial charge < -0.3 is 10.1 Å². The van der Waals surface area contributed by atoms with Gasteiger partial charge in [0.1, 0.15) is 5.75 Å². The van der Waals surface area contributed by atoms with E-state index in [0.717, 1.165) is 32.0 Å². The van der Waals surface area contributed by atoms with Crippen LogP contribution >= 0.6 is 0 Å². The quantitative estimate of drug-likeness (QED) is 0.913. The molecule has 0 aromatic heterocycles. The molecule has 1 unspecified atom stereocenters. The highest BCUT2D eigenvalue weighted by atomic mass is 16.5. The summed E-state index contributed by atoms with van der Waals surface area (Å²) in [6.45, 7) is 9.99. The van der Waals surface area contributed by atoms with Crippen LogP contribution in [0.25, 0.3) is 0 Å². The van der Waals surface area contributed by atoms with Crippen molar-refractivity contribution >= 4 is 0 Å². The molecule has 3 heteroatoms. The number of hydrogen-bond acceptors (Lipinski definition) is 3. The van der Waals surface area contributed by atoms with E-state index in [0.29, 0.717) is 11.5 Å². The molecule has 1 atom stereocenters. The van der Waals surface area contributed by atoms with Crippen molar-refractivity contribution in [2.45, 2.75) is 38.1 Å². The Morgan fingerprint density at radius 3 is 2.90 bits per heavy atom. The average molecular weight is 274 g/mol. The molecule has 0 aliphatic carbocycles. The second kappa shape index (κ2) is 5.74. The minimum Gasteiger partial charge on any atom is -0.493 e. The summed E-state index contributed by atoms with van der Waals surface area (Å²) >= 11 is 0. The van der Waals surface area contributed by atoms with Crippen molar-refractivity contribution in [3.8, 4) is 5.75 Å². The molecule has 3 rings (SSSR count). The monoisotopic (exact) mass is 274 g/mol. The van der Waals surface area contributed by atoms with Gasteiger partial charge in [-0.15, -0.1) is 0 Å². The average Bonchev–Trinajstić information content (AvgIpc) is 2.91. The Balaban J connectivity index is 1.67. The van der Waals surface area contributed by atoms with E-state index >= 15 is 0 Å². The van der Waals surface area contributed by atoms with Crippen LogP contribution in [0.3, 0.4) is 0 Å². The molecule has 20 heavy (non-hydrogen) atoms. The van der Waals surface area contributed by atoms with E-state index in [4.69, 9.17) is 4.74 Å². The molecule has 110 valence electrons. The predicted octanol–water partition coefficient (Wildman–Crippen LogP) is 2.63. The Labute approximate surface area is 122 Å². The lowest BCUT2D eigenvalue weighted by Gasteiger charge is -2.43. The molecule has 0 saturated carbocycles. The lowest BCUT2D eigenvalue weighted by Crippen LogP contribution is -2.60. The summed E-state index contributed by atoms with van der Waals surface area (Å²) in [7, 11) is 0. The smallest absolute Gasteiger partial charge is 0.122 e. The van der Waals surface area contributed by atoms with Gasteiger partial charge in [-0.1, -0.05) is 32.0 Å². The fourth-order valence-corrected chi connectivity index (χ4v) is 3.61. The van der Waals surface area contributed by atoms with Crippen LogP contribution in [0.2, 0.25) is 0 Å². The molecule has 2 heterocycles. The summed E-state index contributed by atoms with van der Waals surface area (Å²) in [5.74, 6) is 1.63. The number of para-hydroxylation sites is 1. The highest BCUT2D eigenvalue weighted by molar-refractivity contribution is 5.39. The van der Waals surface area contributed by atoms with Gasteiger partial charge >= 0.3 is 0 Å². The van der Waals surface area contributed by atoms with Gasteiger partial charge in [0.2, 0.25) is 0 Å². The van der Waals surface area contributed by atoms with Crippen LogP contribution in [0.15, 0.2) is 24.3 Å². The first kappa shape index (κ1) is 13.9. The number of piperazine rings is 1. The first-order valence-corrected chi connectivity index (χ1v) is 7.95. The van der Waals surface area contributed by atoms with Gasteiger partial charge in [-0.05, 0) is 18.9 Å². The molecule has 1 N–H and O–H groups in total. The van der Waals surface area contributed by atoms with Crippen LogP contribution in [0, 0.1) is 0 Å². The van der Waals surface area contributed by atoms with Gasteiger partial charge in [0.05, 0.1) is 6.61 Å². The molecule has 1 aromatic rings. The van der Waals surface area contributed by atoms with Crippen molar-refractivity contribution in [3.05, 3.63) is 29.8 Å². The lowest BCUT2D eigenvalue weighted by atomic mass is 9.89. The summed E-state index contributed by atoms with van der Waals surface area (Å²) in [6.07, 6.45) is 2.41. The number of rotatable bonds is 4. The van der Waals surface area contributed by atoms with Gasteiger partial charge in [0, 0.05) is 43.2 Å². The van der Waals surface area contributed by atoms with Crippen LogP contribution in [-0.2, 0) is 0 Å². The highest BCUT2D eigenvalue weighted by Crippen LogP contribution is 2.34. The predicted molar refractivity (Wildman–Crippen MR) is 82.4 cm³/mol. The van der Waals surface area contributed by atoms with Crippen LogP contribution < -0.4 is 10.1 Å². The maximum Gasteiger partial charge on any atom is 0.122 e. The Morgan fingerprint density at radius 1 is 1.30 bits per heavy atom. The molecule has 1 saturated heterocycles. The highest BCUT2D eigenvalue weighted by Gasteiger charge is 2.34. The number of ether oxygens (including phenoxy) is 1. The summed E-state index contributed by atoms with van der Waals surface area (Å²) in [4.78, 5) is 2.62. The Bertz CT molecular complexity index is 456. The Kier molecular flexibility index (Phi) is 3.99. The summed E-state index contributed by atoms with van der Waals surface area (Å²) in [5, 5.41) is 3.73. The second-order valence-electron chi connectivity index (χ2n) is 6.20. The molecule has 3 nitrogen and oxygen atoms in total. The fraction of sp³-hybridized carbons (Fsp3) is 0.647. The minimum absolute atomic E-state index is 0.317. The number of benzene rings is 1. The van der Waals surface area contributed by atoms with E-state index in [2.05, 4.69) is 48.3 Å². The van der Waals surface area contributed by atoms with E-state index in [1.165, 1.54) is 24.9 Å². The first-order chi connectivity index (χ1) is 9.76. The van der Waals surface area contributed by atoms with Crippen molar-refractivity contribution in [1.29, 1.82) is 0 Å². The molecule has 0 spiro atoms. The molecule has 1 fully saturated rings. The maximum absolute atomic E-state index is 5.81. The molecular formula is C17H26N2O. The summed E-state index contributed by atoms with van der Waals surface area (Å²) in [5.41, 5.74) is 1.71. The van der Waals surface area contributed by atoms with E-state index in [9.17, 15) is 0 Å². The van der Waals surface area contributed by atoms with Crippen LogP contribution in [-0.4, -0.2) is 43.2 Å². The number of nitrogens with one attached hydrogen (secondary N) is 1. The van der Waals surface area contributed by atoms with Gasteiger partial charge in [-0.25, -0.2) is 0 Å². The topological polar surface area (TPSA) is 24.5 Å². The van der Waals surface area contributed by atoms with Crippen molar-refractivity contribution in [2.75, 3.05) is 32.8 Å². The maximum atomic E-state index is 5.81. The lowest BCUT2D eigenvalue weighted by molar-refractivity contribution is 0.114. The SMILES string of the molecule is CCC1(CC)CN(CC2COc3ccccc32)CCN1. The number of nitrogens with zero attached hydrogens (tertiary/aromatic N) is 1. The molecule has 0 bridgehead atoms. The third kappa shape index (κ3) is 2.57. The summed E-state index contributed by atoms with van der Waals surface area (Å²) in [6, 6.07) is 8.50.